The monoisotopic (exact) mass is 401 g/mol. The van der Waals surface area contributed by atoms with Crippen molar-refractivity contribution in [3.63, 3.8) is 0 Å². The van der Waals surface area contributed by atoms with Crippen LogP contribution in [0, 0.1) is 6.92 Å². The number of carbonyl (C=O) groups is 1. The van der Waals surface area contributed by atoms with Crippen molar-refractivity contribution in [2.75, 3.05) is 5.32 Å². The topological polar surface area (TPSA) is 75.1 Å². The van der Waals surface area contributed by atoms with Crippen LogP contribution >= 0.6 is 0 Å². The molecule has 0 radical (unpaired) electrons. The molecular formula is C21H18F3N3O2. The zero-order valence-electron chi connectivity index (χ0n) is 15.7. The van der Waals surface area contributed by atoms with Crippen molar-refractivity contribution >= 4 is 28.7 Å². The molecule has 1 aromatic carbocycles. The molecule has 8 heteroatoms. The van der Waals surface area contributed by atoms with Crippen LogP contribution in [-0.4, -0.2) is 27.2 Å². The number of fused-ring (bicyclic) bond motifs is 1. The second kappa shape index (κ2) is 8.00. The second-order valence-corrected chi connectivity index (χ2v) is 6.61. The van der Waals surface area contributed by atoms with Gasteiger partial charge in [0.1, 0.15) is 0 Å². The number of nitrogens with one attached hydrogen (secondary N) is 1. The summed E-state index contributed by atoms with van der Waals surface area (Å²) in [6.07, 6.45) is -0.934. The number of aliphatic hydroxyl groups is 1. The Morgan fingerprint density at radius 2 is 1.83 bits per heavy atom. The largest absolute Gasteiger partial charge is 0.409 e. The number of alkyl halides is 3. The van der Waals surface area contributed by atoms with Gasteiger partial charge >= 0.3 is 6.18 Å². The number of hydrogen-bond donors (Lipinski definition) is 2. The number of allylic oxidation sites excluding steroid dienone is 1. The summed E-state index contributed by atoms with van der Waals surface area (Å²) in [6, 6.07) is 7.80. The molecule has 3 rings (SSSR count). The van der Waals surface area contributed by atoms with E-state index in [1.165, 1.54) is 30.6 Å². The minimum atomic E-state index is -4.39. The van der Waals surface area contributed by atoms with Crippen molar-refractivity contribution in [3.05, 3.63) is 71.1 Å². The van der Waals surface area contributed by atoms with Gasteiger partial charge in [0.2, 0.25) is 0 Å². The predicted octanol–water partition coefficient (Wildman–Crippen LogP) is 4.82. The van der Waals surface area contributed by atoms with Crippen molar-refractivity contribution in [1.29, 1.82) is 0 Å². The second-order valence-electron chi connectivity index (χ2n) is 6.61. The number of anilines is 1. The highest BCUT2D eigenvalue weighted by atomic mass is 19.4. The number of amides is 1. The fourth-order valence-electron chi connectivity index (χ4n) is 2.75. The number of carbonyl (C=O) groups excluding carboxylic acids is 1. The molecule has 1 amide bonds. The Morgan fingerprint density at radius 1 is 1.14 bits per heavy atom. The minimum Gasteiger partial charge on any atom is -0.389 e. The first-order chi connectivity index (χ1) is 13.6. The number of nitrogens with zero attached hydrogens (tertiary/aromatic N) is 2. The maximum atomic E-state index is 12.6. The number of pyridine rings is 2. The summed E-state index contributed by atoms with van der Waals surface area (Å²) < 4.78 is 36.9. The quantitative estimate of drug-likeness (QED) is 0.657. The van der Waals surface area contributed by atoms with E-state index in [0.29, 0.717) is 39.0 Å². The fourth-order valence-corrected chi connectivity index (χ4v) is 2.75. The molecule has 2 N–H and O–H groups in total. The first kappa shape index (κ1) is 20.5. The Kier molecular flexibility index (Phi) is 5.65. The SMILES string of the molecule is Cc1cc(/C=C/C(F)(F)F)ccc1C(=O)Nc1cnc2cc(C(C)O)cnc2c1. The van der Waals surface area contributed by atoms with Gasteiger partial charge in [0.15, 0.2) is 0 Å². The molecule has 0 spiro atoms. The summed E-state index contributed by atoms with van der Waals surface area (Å²) in [5.74, 6) is -0.407. The van der Waals surface area contributed by atoms with Crippen LogP contribution in [0.4, 0.5) is 18.9 Å². The van der Waals surface area contributed by atoms with Gasteiger partial charge in [0.25, 0.3) is 5.91 Å². The number of aryl methyl sites for hydroxylation is 1. The Morgan fingerprint density at radius 3 is 2.48 bits per heavy atom. The average Bonchev–Trinajstić information content (AvgIpc) is 2.65. The Balaban J connectivity index is 1.79. The molecule has 3 aromatic rings. The van der Waals surface area contributed by atoms with Gasteiger partial charge in [-0.05, 0) is 43.2 Å². The maximum Gasteiger partial charge on any atom is 0.409 e. The molecule has 1 unspecified atom stereocenters. The molecule has 0 aliphatic rings. The molecule has 2 heterocycles. The third kappa shape index (κ3) is 5.17. The summed E-state index contributed by atoms with van der Waals surface area (Å²) in [4.78, 5) is 21.0. The van der Waals surface area contributed by atoms with Crippen LogP contribution in [0.5, 0.6) is 0 Å². The molecule has 0 aliphatic heterocycles. The summed E-state index contributed by atoms with van der Waals surface area (Å²) in [7, 11) is 0. The lowest BCUT2D eigenvalue weighted by Gasteiger charge is -2.10. The van der Waals surface area contributed by atoms with Crippen LogP contribution in [0.2, 0.25) is 0 Å². The van der Waals surface area contributed by atoms with E-state index >= 15 is 0 Å². The molecule has 1 atom stereocenters. The highest BCUT2D eigenvalue weighted by molar-refractivity contribution is 6.05. The number of aromatic nitrogens is 2. The van der Waals surface area contributed by atoms with Crippen LogP contribution in [0.15, 0.2) is 48.8 Å². The third-order valence-corrected chi connectivity index (χ3v) is 4.25. The van der Waals surface area contributed by atoms with Crippen LogP contribution in [0.3, 0.4) is 0 Å². The van der Waals surface area contributed by atoms with E-state index in [9.17, 15) is 23.1 Å². The summed E-state index contributed by atoms with van der Waals surface area (Å²) in [5.41, 5.74) is 3.43. The number of rotatable bonds is 4. The molecular weight excluding hydrogens is 383 g/mol. The molecule has 0 saturated carbocycles. The van der Waals surface area contributed by atoms with Crippen LogP contribution < -0.4 is 5.32 Å². The van der Waals surface area contributed by atoms with E-state index < -0.39 is 18.2 Å². The first-order valence-corrected chi connectivity index (χ1v) is 8.74. The highest BCUT2D eigenvalue weighted by Crippen LogP contribution is 2.22. The van der Waals surface area contributed by atoms with E-state index in [1.807, 2.05) is 0 Å². The van der Waals surface area contributed by atoms with E-state index in [4.69, 9.17) is 0 Å². The lowest BCUT2D eigenvalue weighted by molar-refractivity contribution is -0.0790. The zero-order valence-corrected chi connectivity index (χ0v) is 15.7. The molecule has 150 valence electrons. The van der Waals surface area contributed by atoms with Gasteiger partial charge in [0.05, 0.1) is 29.0 Å². The van der Waals surface area contributed by atoms with E-state index in [1.54, 1.807) is 26.0 Å². The minimum absolute atomic E-state index is 0.151. The lowest BCUT2D eigenvalue weighted by atomic mass is 10.0. The number of halogens is 3. The molecule has 2 aromatic heterocycles. The number of benzene rings is 1. The summed E-state index contributed by atoms with van der Waals surface area (Å²) in [6.45, 7) is 3.28. The number of hydrogen-bond acceptors (Lipinski definition) is 4. The van der Waals surface area contributed by atoms with Crippen LogP contribution in [0.25, 0.3) is 17.1 Å². The summed E-state index contributed by atoms with van der Waals surface area (Å²) >= 11 is 0. The Bertz CT molecular complexity index is 1090. The van der Waals surface area contributed by atoms with Gasteiger partial charge in [-0.15, -0.1) is 0 Å². The first-order valence-electron chi connectivity index (χ1n) is 8.74. The molecule has 5 nitrogen and oxygen atoms in total. The van der Waals surface area contributed by atoms with Gasteiger partial charge in [0, 0.05) is 23.4 Å². The van der Waals surface area contributed by atoms with Gasteiger partial charge in [-0.1, -0.05) is 18.2 Å². The summed E-state index contributed by atoms with van der Waals surface area (Å²) in [5, 5.41) is 12.3. The van der Waals surface area contributed by atoms with Crippen LogP contribution in [-0.2, 0) is 0 Å². The van der Waals surface area contributed by atoms with Crippen molar-refractivity contribution in [3.8, 4) is 0 Å². The van der Waals surface area contributed by atoms with Gasteiger partial charge in [-0.25, -0.2) is 0 Å². The highest BCUT2D eigenvalue weighted by Gasteiger charge is 2.21. The molecule has 0 fully saturated rings. The Hall–Kier alpha value is -3.26. The predicted molar refractivity (Wildman–Crippen MR) is 104 cm³/mol. The van der Waals surface area contributed by atoms with Crippen molar-refractivity contribution < 1.29 is 23.1 Å². The molecule has 0 bridgehead atoms. The molecule has 0 saturated heterocycles. The van der Waals surface area contributed by atoms with Gasteiger partial charge < -0.3 is 10.4 Å². The van der Waals surface area contributed by atoms with Gasteiger partial charge in [-0.3, -0.25) is 14.8 Å². The van der Waals surface area contributed by atoms with Crippen molar-refractivity contribution in [1.82, 2.24) is 9.97 Å². The Labute approximate surface area is 164 Å². The maximum absolute atomic E-state index is 12.6. The average molecular weight is 401 g/mol. The van der Waals surface area contributed by atoms with Crippen molar-refractivity contribution in [2.24, 2.45) is 0 Å². The van der Waals surface area contributed by atoms with Gasteiger partial charge in [-0.2, -0.15) is 13.2 Å². The molecule has 0 aliphatic carbocycles. The molecule has 29 heavy (non-hydrogen) atoms. The van der Waals surface area contributed by atoms with E-state index in [2.05, 4.69) is 15.3 Å². The lowest BCUT2D eigenvalue weighted by Crippen LogP contribution is -2.13. The normalized spacial score (nSPS) is 13.0. The fraction of sp³-hybridized carbons (Fsp3) is 0.190. The van der Waals surface area contributed by atoms with Crippen molar-refractivity contribution in [2.45, 2.75) is 26.1 Å². The smallest absolute Gasteiger partial charge is 0.389 e. The van der Waals surface area contributed by atoms with E-state index in [0.717, 1.165) is 6.08 Å². The van der Waals surface area contributed by atoms with E-state index in [-0.39, 0.29) is 6.08 Å². The number of aliphatic hydroxyl groups excluding tert-OH is 1. The van der Waals surface area contributed by atoms with Crippen LogP contribution in [0.1, 0.15) is 40.1 Å². The zero-order chi connectivity index (χ0) is 21.2. The standard InChI is InChI=1S/C21H18F3N3O2/c1-12-7-14(5-6-21(22,23)24)3-4-17(12)20(29)27-16-9-19-18(26-11-16)8-15(10-25-19)13(2)28/h3-11,13,28H,1-2H3,(H,27,29)/b6-5+. The third-order valence-electron chi connectivity index (χ3n) is 4.25.